The van der Waals surface area contributed by atoms with Crippen LogP contribution in [0.15, 0.2) is 53.0 Å². The van der Waals surface area contributed by atoms with Gasteiger partial charge in [0.25, 0.3) is 0 Å². The summed E-state index contributed by atoms with van der Waals surface area (Å²) in [5.74, 6) is 0.359. The number of hydrogen-bond acceptors (Lipinski definition) is 4. The predicted molar refractivity (Wildman–Crippen MR) is 84.9 cm³/mol. The van der Waals surface area contributed by atoms with Crippen LogP contribution >= 0.6 is 15.9 Å². The number of hydrogen-bond donors (Lipinski definition) is 1. The molecule has 2 aromatic carbocycles. The van der Waals surface area contributed by atoms with Gasteiger partial charge in [0.05, 0.1) is 13.0 Å². The highest BCUT2D eigenvalue weighted by molar-refractivity contribution is 9.10. The summed E-state index contributed by atoms with van der Waals surface area (Å²) in [6, 6.07) is 14.7. The molecular weight excluding hydrogens is 334 g/mol. The van der Waals surface area contributed by atoms with Gasteiger partial charge in [-0.3, -0.25) is 4.79 Å². The molecule has 0 radical (unpaired) electrons. The summed E-state index contributed by atoms with van der Waals surface area (Å²) >= 11 is 3.35. The number of rotatable bonds is 6. The lowest BCUT2D eigenvalue weighted by atomic mass is 10.2. The van der Waals surface area contributed by atoms with Crippen LogP contribution in [-0.4, -0.2) is 12.6 Å². The van der Waals surface area contributed by atoms with Crippen molar-refractivity contribution in [3.63, 3.8) is 0 Å². The number of anilines is 1. The maximum atomic E-state index is 11.6. The first kappa shape index (κ1) is 15.4. The molecule has 0 heterocycles. The molecule has 0 spiro atoms. The summed E-state index contributed by atoms with van der Waals surface area (Å²) in [6.45, 7) is 0.535. The van der Waals surface area contributed by atoms with Crippen LogP contribution in [0.5, 0.6) is 5.75 Å². The molecule has 0 aliphatic rings. The number of nitrogens with two attached hydrogens (primary N) is 1. The summed E-state index contributed by atoms with van der Waals surface area (Å²) in [4.78, 5) is 11.6. The Labute approximate surface area is 132 Å². The van der Waals surface area contributed by atoms with Gasteiger partial charge in [-0.2, -0.15) is 0 Å². The van der Waals surface area contributed by atoms with Gasteiger partial charge in [-0.15, -0.1) is 0 Å². The number of carbonyl (C=O) groups is 1. The molecule has 0 atom stereocenters. The van der Waals surface area contributed by atoms with Crippen LogP contribution in [0.3, 0.4) is 0 Å². The molecule has 2 rings (SSSR count). The Morgan fingerprint density at radius 3 is 2.62 bits per heavy atom. The lowest BCUT2D eigenvalue weighted by Crippen LogP contribution is -2.10. The fourth-order valence-electron chi connectivity index (χ4n) is 1.67. The van der Waals surface area contributed by atoms with Crippen LogP contribution in [-0.2, 0) is 16.1 Å². The molecule has 2 aromatic rings. The minimum absolute atomic E-state index is 0.200. The fourth-order valence-corrected chi connectivity index (χ4v) is 1.94. The van der Waals surface area contributed by atoms with E-state index in [0.717, 1.165) is 10.0 Å². The Balaban J connectivity index is 1.69. The largest absolute Gasteiger partial charge is 0.493 e. The number of carbonyl (C=O) groups excluding carboxylic acids is 1. The van der Waals surface area contributed by atoms with Crippen LogP contribution in [0.25, 0.3) is 0 Å². The van der Waals surface area contributed by atoms with Gasteiger partial charge >= 0.3 is 5.97 Å². The molecule has 2 N–H and O–H groups in total. The van der Waals surface area contributed by atoms with Gasteiger partial charge in [0.2, 0.25) is 0 Å². The van der Waals surface area contributed by atoms with Crippen LogP contribution in [0.4, 0.5) is 5.69 Å². The van der Waals surface area contributed by atoms with Crippen molar-refractivity contribution in [2.45, 2.75) is 13.0 Å². The van der Waals surface area contributed by atoms with E-state index in [-0.39, 0.29) is 25.6 Å². The molecule has 0 bridgehead atoms. The minimum atomic E-state index is -0.290. The third-order valence-corrected chi connectivity index (χ3v) is 3.27. The molecule has 0 fully saturated rings. The van der Waals surface area contributed by atoms with Crippen molar-refractivity contribution in [2.24, 2.45) is 0 Å². The lowest BCUT2D eigenvalue weighted by Gasteiger charge is -2.07. The van der Waals surface area contributed by atoms with E-state index in [4.69, 9.17) is 15.2 Å². The minimum Gasteiger partial charge on any atom is -0.493 e. The number of benzene rings is 2. The second-order valence-corrected chi connectivity index (χ2v) is 5.37. The standard InChI is InChI=1S/C16H16BrNO3/c17-13-6-4-12(5-7-13)11-21-16(19)8-9-20-15-3-1-2-14(18)10-15/h1-7,10H,8-9,11,18H2. The molecule has 0 amide bonds. The third-order valence-electron chi connectivity index (χ3n) is 2.75. The highest BCUT2D eigenvalue weighted by Gasteiger charge is 2.04. The molecule has 0 aliphatic heterocycles. The number of ether oxygens (including phenoxy) is 2. The summed E-state index contributed by atoms with van der Waals surface area (Å²) in [7, 11) is 0. The van der Waals surface area contributed by atoms with Crippen molar-refractivity contribution < 1.29 is 14.3 Å². The monoisotopic (exact) mass is 349 g/mol. The average Bonchev–Trinajstić information content (AvgIpc) is 2.47. The molecule has 110 valence electrons. The van der Waals surface area contributed by atoms with E-state index in [1.165, 1.54) is 0 Å². The van der Waals surface area contributed by atoms with Gasteiger partial charge in [-0.1, -0.05) is 34.1 Å². The Hall–Kier alpha value is -2.01. The Bertz CT molecular complexity index is 599. The third kappa shape index (κ3) is 5.47. The summed E-state index contributed by atoms with van der Waals surface area (Å²) in [5.41, 5.74) is 7.22. The maximum absolute atomic E-state index is 11.6. The summed E-state index contributed by atoms with van der Waals surface area (Å²) in [6.07, 6.45) is 0.200. The average molecular weight is 350 g/mol. The van der Waals surface area contributed by atoms with E-state index in [0.29, 0.717) is 11.4 Å². The predicted octanol–water partition coefficient (Wildman–Crippen LogP) is 3.54. The van der Waals surface area contributed by atoms with Crippen molar-refractivity contribution in [3.05, 3.63) is 58.6 Å². The molecule has 21 heavy (non-hydrogen) atoms. The van der Waals surface area contributed by atoms with E-state index < -0.39 is 0 Å². The lowest BCUT2D eigenvalue weighted by molar-refractivity contribution is -0.145. The van der Waals surface area contributed by atoms with Gasteiger partial charge in [0, 0.05) is 16.2 Å². The molecule has 0 unspecified atom stereocenters. The van der Waals surface area contributed by atoms with E-state index in [1.807, 2.05) is 24.3 Å². The molecule has 4 nitrogen and oxygen atoms in total. The highest BCUT2D eigenvalue weighted by atomic mass is 79.9. The SMILES string of the molecule is Nc1cccc(OCCC(=O)OCc2ccc(Br)cc2)c1. The summed E-state index contributed by atoms with van der Waals surface area (Å²) in [5, 5.41) is 0. The highest BCUT2D eigenvalue weighted by Crippen LogP contribution is 2.15. The van der Waals surface area contributed by atoms with Crippen LogP contribution < -0.4 is 10.5 Å². The Morgan fingerprint density at radius 1 is 1.14 bits per heavy atom. The van der Waals surface area contributed by atoms with Crippen molar-refractivity contribution in [3.8, 4) is 5.75 Å². The Morgan fingerprint density at radius 2 is 1.90 bits per heavy atom. The van der Waals surface area contributed by atoms with E-state index in [1.54, 1.807) is 24.3 Å². The number of esters is 1. The van der Waals surface area contributed by atoms with Gasteiger partial charge < -0.3 is 15.2 Å². The molecule has 0 aliphatic carbocycles. The molecular formula is C16H16BrNO3. The second-order valence-electron chi connectivity index (χ2n) is 4.46. The zero-order chi connectivity index (χ0) is 15.1. The molecule has 5 heteroatoms. The van der Waals surface area contributed by atoms with Crippen molar-refractivity contribution >= 4 is 27.6 Å². The fraction of sp³-hybridized carbons (Fsp3) is 0.188. The van der Waals surface area contributed by atoms with Crippen molar-refractivity contribution in [1.29, 1.82) is 0 Å². The van der Waals surface area contributed by atoms with Crippen LogP contribution in [0.1, 0.15) is 12.0 Å². The molecule has 0 saturated carbocycles. The quantitative estimate of drug-likeness (QED) is 0.639. The number of nitrogen functional groups attached to an aromatic ring is 1. The van der Waals surface area contributed by atoms with E-state index in [9.17, 15) is 4.79 Å². The summed E-state index contributed by atoms with van der Waals surface area (Å²) < 4.78 is 11.6. The first-order chi connectivity index (χ1) is 10.1. The van der Waals surface area contributed by atoms with Gasteiger partial charge in [-0.25, -0.2) is 0 Å². The number of halogens is 1. The zero-order valence-electron chi connectivity index (χ0n) is 11.4. The maximum Gasteiger partial charge on any atom is 0.309 e. The van der Waals surface area contributed by atoms with Crippen molar-refractivity contribution in [1.82, 2.24) is 0 Å². The second kappa shape index (κ2) is 7.69. The van der Waals surface area contributed by atoms with Crippen LogP contribution in [0, 0.1) is 0 Å². The van der Waals surface area contributed by atoms with Crippen molar-refractivity contribution in [2.75, 3.05) is 12.3 Å². The zero-order valence-corrected chi connectivity index (χ0v) is 13.0. The molecule has 0 aromatic heterocycles. The van der Waals surface area contributed by atoms with Crippen LogP contribution in [0.2, 0.25) is 0 Å². The first-order valence-electron chi connectivity index (χ1n) is 6.52. The first-order valence-corrected chi connectivity index (χ1v) is 7.31. The normalized spacial score (nSPS) is 10.1. The Kier molecular flexibility index (Phi) is 5.63. The van der Waals surface area contributed by atoms with E-state index in [2.05, 4.69) is 15.9 Å². The van der Waals surface area contributed by atoms with Gasteiger partial charge in [-0.05, 0) is 29.8 Å². The van der Waals surface area contributed by atoms with E-state index >= 15 is 0 Å². The van der Waals surface area contributed by atoms with Gasteiger partial charge in [0.15, 0.2) is 0 Å². The van der Waals surface area contributed by atoms with Gasteiger partial charge in [0.1, 0.15) is 12.4 Å². The smallest absolute Gasteiger partial charge is 0.309 e. The topological polar surface area (TPSA) is 61.5 Å². The molecule has 0 saturated heterocycles.